The number of carbonyl (C=O) groups excluding carboxylic acids is 1. The van der Waals surface area contributed by atoms with E-state index in [0.717, 1.165) is 22.3 Å². The van der Waals surface area contributed by atoms with Crippen LogP contribution in [0.1, 0.15) is 51.3 Å². The lowest BCUT2D eigenvalue weighted by atomic mass is 9.99. The van der Waals surface area contributed by atoms with Crippen molar-refractivity contribution in [1.82, 2.24) is 5.16 Å². The van der Waals surface area contributed by atoms with Gasteiger partial charge in [0.25, 0.3) is 0 Å². The highest BCUT2D eigenvalue weighted by atomic mass is 35.5. The molecule has 0 aliphatic carbocycles. The summed E-state index contributed by atoms with van der Waals surface area (Å²) < 4.78 is 11.2. The molecule has 4 rings (SSSR count). The minimum absolute atomic E-state index is 0.0171. The maximum atomic E-state index is 12.7. The molecule has 0 saturated carbocycles. The highest BCUT2D eigenvalue weighted by Gasteiger charge is 2.21. The molecule has 0 aliphatic heterocycles. The minimum Gasteiger partial charge on any atom is -0.478 e. The summed E-state index contributed by atoms with van der Waals surface area (Å²) in [5.41, 5.74) is 5.01. The van der Waals surface area contributed by atoms with E-state index >= 15 is 0 Å². The van der Waals surface area contributed by atoms with Crippen molar-refractivity contribution >= 4 is 23.5 Å². The first-order chi connectivity index (χ1) is 16.8. The minimum atomic E-state index is -0.949. The van der Waals surface area contributed by atoms with Crippen LogP contribution < -0.4 is 0 Å². The van der Waals surface area contributed by atoms with Crippen molar-refractivity contribution in [2.24, 2.45) is 0 Å². The maximum Gasteiger partial charge on any atom is 0.335 e. The standard InChI is InChI=1S/C28H24ClNO5/c1-17-24(16-26(31)34-18(2)23-8-3-4-9-25(23)29)27(35-30-17)21-12-10-19(11-13-21)14-20-6-5-7-22(15-20)28(32)33/h3-13,15,18H,14,16H2,1-2H3,(H,32,33). The maximum absolute atomic E-state index is 12.7. The first-order valence-electron chi connectivity index (χ1n) is 11.1. The van der Waals surface area contributed by atoms with Crippen LogP contribution in [-0.2, 0) is 22.4 Å². The Bertz CT molecular complexity index is 1360. The fraction of sp³-hybridized carbons (Fsp3) is 0.179. The third kappa shape index (κ3) is 5.78. The number of ether oxygens (including phenoxy) is 1. The Balaban J connectivity index is 1.47. The van der Waals surface area contributed by atoms with Gasteiger partial charge in [-0.3, -0.25) is 4.79 Å². The molecule has 1 atom stereocenters. The zero-order chi connectivity index (χ0) is 24.9. The molecule has 0 aliphatic rings. The Kier molecular flexibility index (Phi) is 7.32. The van der Waals surface area contributed by atoms with Gasteiger partial charge in [0.1, 0.15) is 6.10 Å². The van der Waals surface area contributed by atoms with Crippen molar-refractivity contribution in [2.75, 3.05) is 0 Å². The third-order valence-corrected chi connectivity index (χ3v) is 6.10. The second-order valence-electron chi connectivity index (χ2n) is 8.29. The number of carbonyl (C=O) groups is 2. The van der Waals surface area contributed by atoms with Crippen molar-refractivity contribution in [1.29, 1.82) is 0 Å². The quantitative estimate of drug-likeness (QED) is 0.286. The summed E-state index contributed by atoms with van der Waals surface area (Å²) in [6.07, 6.45) is 0.123. The molecular weight excluding hydrogens is 466 g/mol. The number of benzene rings is 3. The van der Waals surface area contributed by atoms with E-state index in [1.54, 1.807) is 38.1 Å². The van der Waals surface area contributed by atoms with Gasteiger partial charge in [0, 0.05) is 21.7 Å². The number of esters is 1. The van der Waals surface area contributed by atoms with Gasteiger partial charge in [-0.15, -0.1) is 0 Å². The van der Waals surface area contributed by atoms with E-state index < -0.39 is 18.0 Å². The van der Waals surface area contributed by atoms with Crippen LogP contribution in [0.2, 0.25) is 5.02 Å². The summed E-state index contributed by atoms with van der Waals surface area (Å²) in [4.78, 5) is 23.9. The van der Waals surface area contributed by atoms with Gasteiger partial charge < -0.3 is 14.4 Å². The van der Waals surface area contributed by atoms with Crippen LogP contribution in [0.15, 0.2) is 77.3 Å². The van der Waals surface area contributed by atoms with E-state index in [9.17, 15) is 14.7 Å². The predicted octanol–water partition coefficient (Wildman–Crippen LogP) is 6.44. The molecule has 6 nitrogen and oxygen atoms in total. The van der Waals surface area contributed by atoms with Gasteiger partial charge in [0.05, 0.1) is 17.7 Å². The van der Waals surface area contributed by atoms with Crippen LogP contribution in [0.3, 0.4) is 0 Å². The normalized spacial score (nSPS) is 11.7. The molecule has 35 heavy (non-hydrogen) atoms. The number of nitrogens with zero attached hydrogens (tertiary/aromatic N) is 1. The van der Waals surface area contributed by atoms with E-state index in [1.807, 2.05) is 48.5 Å². The number of aromatic carboxylic acids is 1. The molecule has 0 spiro atoms. The largest absolute Gasteiger partial charge is 0.478 e. The second-order valence-corrected chi connectivity index (χ2v) is 8.69. The average Bonchev–Trinajstić information content (AvgIpc) is 3.19. The summed E-state index contributed by atoms with van der Waals surface area (Å²) in [6, 6.07) is 21.8. The lowest BCUT2D eigenvalue weighted by Crippen LogP contribution is -2.12. The lowest BCUT2D eigenvalue weighted by Gasteiger charge is -2.15. The first-order valence-corrected chi connectivity index (χ1v) is 11.5. The fourth-order valence-electron chi connectivity index (χ4n) is 3.90. The van der Waals surface area contributed by atoms with Gasteiger partial charge in [-0.2, -0.15) is 0 Å². The Labute approximate surface area is 208 Å². The summed E-state index contributed by atoms with van der Waals surface area (Å²) in [5, 5.41) is 13.8. The topological polar surface area (TPSA) is 89.6 Å². The molecule has 3 aromatic carbocycles. The molecule has 1 heterocycles. The molecule has 7 heteroatoms. The van der Waals surface area contributed by atoms with Gasteiger partial charge in [-0.25, -0.2) is 4.79 Å². The van der Waals surface area contributed by atoms with Gasteiger partial charge in [0.15, 0.2) is 5.76 Å². The lowest BCUT2D eigenvalue weighted by molar-refractivity contribution is -0.147. The van der Waals surface area contributed by atoms with Crippen molar-refractivity contribution in [3.05, 3.63) is 111 Å². The number of hydrogen-bond acceptors (Lipinski definition) is 5. The van der Waals surface area contributed by atoms with Gasteiger partial charge in [-0.05, 0) is 49.6 Å². The number of halogens is 1. The van der Waals surface area contributed by atoms with Gasteiger partial charge >= 0.3 is 11.9 Å². The predicted molar refractivity (Wildman–Crippen MR) is 133 cm³/mol. The van der Waals surface area contributed by atoms with E-state index in [4.69, 9.17) is 20.9 Å². The molecule has 1 aromatic heterocycles. The van der Waals surface area contributed by atoms with Gasteiger partial charge in [-0.1, -0.05) is 71.4 Å². The van der Waals surface area contributed by atoms with Crippen molar-refractivity contribution in [3.8, 4) is 11.3 Å². The van der Waals surface area contributed by atoms with Crippen LogP contribution in [0.4, 0.5) is 0 Å². The number of aryl methyl sites for hydroxylation is 1. The highest BCUT2D eigenvalue weighted by Crippen LogP contribution is 2.29. The van der Waals surface area contributed by atoms with E-state index in [1.165, 1.54) is 0 Å². The molecule has 4 aromatic rings. The van der Waals surface area contributed by atoms with Crippen molar-refractivity contribution in [3.63, 3.8) is 0 Å². The first kappa shape index (κ1) is 24.2. The highest BCUT2D eigenvalue weighted by molar-refractivity contribution is 6.31. The summed E-state index contributed by atoms with van der Waals surface area (Å²) in [5.74, 6) is -0.834. The zero-order valence-corrected chi connectivity index (χ0v) is 20.1. The molecule has 0 fully saturated rings. The van der Waals surface area contributed by atoms with Gasteiger partial charge in [0.2, 0.25) is 0 Å². The SMILES string of the molecule is Cc1noc(-c2ccc(Cc3cccc(C(=O)O)c3)cc2)c1CC(=O)OC(C)c1ccccc1Cl. The van der Waals surface area contributed by atoms with Crippen LogP contribution in [-0.4, -0.2) is 22.2 Å². The molecule has 0 bridgehead atoms. The molecule has 1 N–H and O–H groups in total. The molecule has 0 saturated heterocycles. The molecular formula is C28H24ClNO5. The smallest absolute Gasteiger partial charge is 0.335 e. The number of rotatable bonds is 8. The summed E-state index contributed by atoms with van der Waals surface area (Å²) >= 11 is 6.22. The third-order valence-electron chi connectivity index (χ3n) is 5.76. The van der Waals surface area contributed by atoms with Crippen LogP contribution in [0.5, 0.6) is 0 Å². The van der Waals surface area contributed by atoms with Crippen LogP contribution >= 0.6 is 11.6 Å². The summed E-state index contributed by atoms with van der Waals surface area (Å²) in [7, 11) is 0. The molecule has 0 radical (unpaired) electrons. The molecule has 1 unspecified atom stereocenters. The molecule has 178 valence electrons. The number of aromatic nitrogens is 1. The van der Waals surface area contributed by atoms with E-state index in [0.29, 0.717) is 28.5 Å². The number of hydrogen-bond donors (Lipinski definition) is 1. The number of carboxylic acids is 1. The van der Waals surface area contributed by atoms with Crippen LogP contribution in [0.25, 0.3) is 11.3 Å². The zero-order valence-electron chi connectivity index (χ0n) is 19.3. The number of carboxylic acid groups (broad SMARTS) is 1. The van der Waals surface area contributed by atoms with E-state index in [-0.39, 0.29) is 12.0 Å². The Morgan fingerprint density at radius 1 is 1.03 bits per heavy atom. The van der Waals surface area contributed by atoms with Crippen LogP contribution in [0, 0.1) is 6.92 Å². The van der Waals surface area contributed by atoms with E-state index in [2.05, 4.69) is 5.16 Å². The molecule has 0 amide bonds. The fourth-order valence-corrected chi connectivity index (χ4v) is 4.19. The summed E-state index contributed by atoms with van der Waals surface area (Å²) in [6.45, 7) is 3.57. The van der Waals surface area contributed by atoms with Crippen molar-refractivity contribution in [2.45, 2.75) is 32.8 Å². The Hall–Kier alpha value is -3.90. The van der Waals surface area contributed by atoms with Crippen molar-refractivity contribution < 1.29 is 24.0 Å². The monoisotopic (exact) mass is 489 g/mol. The average molecular weight is 490 g/mol. The second kappa shape index (κ2) is 10.6. The Morgan fingerprint density at radius 3 is 2.49 bits per heavy atom. The Morgan fingerprint density at radius 2 is 1.77 bits per heavy atom.